The molecule has 3 N–H and O–H groups in total. The number of nitrogens with two attached hydrogens (primary N) is 1. The van der Waals surface area contributed by atoms with Gasteiger partial charge in [0.25, 0.3) is 0 Å². The number of sulfonamides is 1. The number of aryl methyl sites for hydroxylation is 1. The molecule has 124 valence electrons. The highest BCUT2D eigenvalue weighted by molar-refractivity contribution is 7.89. The molecule has 0 bridgehead atoms. The molecule has 1 aromatic carbocycles. The van der Waals surface area contributed by atoms with E-state index in [0.717, 1.165) is 31.2 Å². The number of ether oxygens (including phenoxy) is 1. The highest BCUT2D eigenvalue weighted by atomic mass is 32.2. The molecule has 5 nitrogen and oxygen atoms in total. The molecule has 0 saturated heterocycles. The van der Waals surface area contributed by atoms with Crippen LogP contribution in [0.2, 0.25) is 0 Å². The van der Waals surface area contributed by atoms with Crippen LogP contribution in [0.5, 0.6) is 5.75 Å². The summed E-state index contributed by atoms with van der Waals surface area (Å²) in [6, 6.07) is 5.15. The third kappa shape index (κ3) is 3.29. The molecular formula is C16H26N2O3S. The van der Waals surface area contributed by atoms with Crippen LogP contribution in [0, 0.1) is 12.8 Å². The minimum absolute atomic E-state index is 0.181. The van der Waals surface area contributed by atoms with Crippen molar-refractivity contribution >= 4 is 10.0 Å². The summed E-state index contributed by atoms with van der Waals surface area (Å²) in [6.07, 6.45) is 3.89. The number of hydrogen-bond acceptors (Lipinski definition) is 4. The van der Waals surface area contributed by atoms with Gasteiger partial charge >= 0.3 is 0 Å². The zero-order chi connectivity index (χ0) is 16.4. The van der Waals surface area contributed by atoms with Crippen molar-refractivity contribution in [2.45, 2.75) is 50.0 Å². The van der Waals surface area contributed by atoms with Crippen LogP contribution in [0.25, 0.3) is 0 Å². The summed E-state index contributed by atoms with van der Waals surface area (Å²) in [5.41, 5.74) is 6.27. The number of benzene rings is 1. The first-order valence-electron chi connectivity index (χ1n) is 7.73. The third-order valence-electron chi connectivity index (χ3n) is 4.76. The predicted molar refractivity (Wildman–Crippen MR) is 87.5 cm³/mol. The molecule has 1 saturated carbocycles. The van der Waals surface area contributed by atoms with Gasteiger partial charge in [0, 0.05) is 12.1 Å². The molecule has 0 heterocycles. The highest BCUT2D eigenvalue weighted by Crippen LogP contribution is 2.35. The first kappa shape index (κ1) is 17.2. The van der Waals surface area contributed by atoms with Gasteiger partial charge in [-0.05, 0) is 43.4 Å². The lowest BCUT2D eigenvalue weighted by atomic mass is 9.74. The zero-order valence-electron chi connectivity index (χ0n) is 13.6. The average molecular weight is 326 g/mol. The first-order chi connectivity index (χ1) is 10.3. The Labute approximate surface area is 133 Å². The van der Waals surface area contributed by atoms with Crippen molar-refractivity contribution in [3.63, 3.8) is 0 Å². The molecule has 0 amide bonds. The fourth-order valence-corrected chi connectivity index (χ4v) is 5.02. The van der Waals surface area contributed by atoms with Gasteiger partial charge in [-0.15, -0.1) is 0 Å². The van der Waals surface area contributed by atoms with Crippen LogP contribution < -0.4 is 15.2 Å². The fraction of sp³-hybridized carbons (Fsp3) is 0.625. The Kier molecular flexibility index (Phi) is 5.14. The van der Waals surface area contributed by atoms with Crippen LogP contribution in [0.4, 0.5) is 0 Å². The largest absolute Gasteiger partial charge is 0.495 e. The topological polar surface area (TPSA) is 81.4 Å². The number of rotatable bonds is 5. The normalized spacial score (nSPS) is 25.9. The van der Waals surface area contributed by atoms with Gasteiger partial charge in [-0.25, -0.2) is 13.1 Å². The summed E-state index contributed by atoms with van der Waals surface area (Å²) in [6.45, 7) is 4.24. The van der Waals surface area contributed by atoms with Crippen molar-refractivity contribution in [2.75, 3.05) is 13.7 Å². The van der Waals surface area contributed by atoms with Gasteiger partial charge in [-0.3, -0.25) is 0 Å². The summed E-state index contributed by atoms with van der Waals surface area (Å²) in [4.78, 5) is 0.181. The van der Waals surface area contributed by atoms with Crippen LogP contribution in [0.3, 0.4) is 0 Å². The van der Waals surface area contributed by atoms with Crippen LogP contribution in [0.1, 0.15) is 38.2 Å². The molecule has 0 aromatic heterocycles. The molecule has 0 spiro atoms. The second-order valence-corrected chi connectivity index (χ2v) is 7.92. The molecule has 1 aromatic rings. The minimum Gasteiger partial charge on any atom is -0.495 e. The second-order valence-electron chi connectivity index (χ2n) is 6.27. The Bertz CT molecular complexity index is 630. The molecule has 1 fully saturated rings. The third-order valence-corrected chi connectivity index (χ3v) is 6.34. The molecule has 6 heteroatoms. The maximum atomic E-state index is 12.9. The molecule has 0 radical (unpaired) electrons. The Hall–Kier alpha value is -1.11. The Balaban J connectivity index is 2.40. The van der Waals surface area contributed by atoms with E-state index in [0.29, 0.717) is 12.3 Å². The average Bonchev–Trinajstić information content (AvgIpc) is 2.49. The summed E-state index contributed by atoms with van der Waals surface area (Å²) < 4.78 is 33.9. The standard InChI is InChI=1S/C16H26N2O3S/c1-12-7-8-14(21-3)15(10-12)22(19,20)18-16(11-17)9-5-4-6-13(16)2/h7-8,10,13,18H,4-6,9,11,17H2,1-3H3. The molecule has 2 rings (SSSR count). The summed E-state index contributed by atoms with van der Waals surface area (Å²) in [7, 11) is -2.21. The van der Waals surface area contributed by atoms with Gasteiger partial charge in [0.15, 0.2) is 0 Å². The van der Waals surface area contributed by atoms with E-state index in [1.165, 1.54) is 7.11 Å². The molecule has 0 aliphatic heterocycles. The molecule has 2 atom stereocenters. The monoisotopic (exact) mass is 326 g/mol. The van der Waals surface area contributed by atoms with E-state index in [1.54, 1.807) is 12.1 Å². The van der Waals surface area contributed by atoms with Crippen molar-refractivity contribution in [2.24, 2.45) is 11.7 Å². The lowest BCUT2D eigenvalue weighted by Gasteiger charge is -2.42. The van der Waals surface area contributed by atoms with Gasteiger partial charge < -0.3 is 10.5 Å². The molecule has 2 unspecified atom stereocenters. The van der Waals surface area contributed by atoms with Crippen molar-refractivity contribution in [1.29, 1.82) is 0 Å². The Morgan fingerprint density at radius 3 is 2.73 bits per heavy atom. The van der Waals surface area contributed by atoms with Crippen molar-refractivity contribution in [3.05, 3.63) is 23.8 Å². The van der Waals surface area contributed by atoms with E-state index < -0.39 is 15.6 Å². The lowest BCUT2D eigenvalue weighted by Crippen LogP contribution is -2.58. The van der Waals surface area contributed by atoms with Crippen LogP contribution in [-0.4, -0.2) is 27.6 Å². The Morgan fingerprint density at radius 2 is 2.14 bits per heavy atom. The smallest absolute Gasteiger partial charge is 0.244 e. The summed E-state index contributed by atoms with van der Waals surface area (Å²) in [5.74, 6) is 0.575. The van der Waals surface area contributed by atoms with Crippen molar-refractivity contribution < 1.29 is 13.2 Å². The maximum Gasteiger partial charge on any atom is 0.244 e. The van der Waals surface area contributed by atoms with Crippen molar-refractivity contribution in [1.82, 2.24) is 4.72 Å². The first-order valence-corrected chi connectivity index (χ1v) is 9.21. The van der Waals surface area contributed by atoms with E-state index in [9.17, 15) is 8.42 Å². The zero-order valence-corrected chi connectivity index (χ0v) is 14.4. The van der Waals surface area contributed by atoms with E-state index >= 15 is 0 Å². The quantitative estimate of drug-likeness (QED) is 0.869. The summed E-state index contributed by atoms with van der Waals surface area (Å²) in [5, 5.41) is 0. The molecule has 1 aliphatic rings. The molecular weight excluding hydrogens is 300 g/mol. The maximum absolute atomic E-state index is 12.9. The van der Waals surface area contributed by atoms with Gasteiger partial charge in [0.05, 0.1) is 7.11 Å². The van der Waals surface area contributed by atoms with Gasteiger partial charge in [-0.2, -0.15) is 0 Å². The van der Waals surface area contributed by atoms with Crippen molar-refractivity contribution in [3.8, 4) is 5.75 Å². The molecule has 1 aliphatic carbocycles. The van der Waals surface area contributed by atoms with E-state index in [2.05, 4.69) is 11.6 Å². The Morgan fingerprint density at radius 1 is 1.41 bits per heavy atom. The highest BCUT2D eigenvalue weighted by Gasteiger charge is 2.41. The second kappa shape index (κ2) is 6.56. The predicted octanol–water partition coefficient (Wildman–Crippen LogP) is 2.19. The van der Waals surface area contributed by atoms with E-state index in [1.807, 2.05) is 13.0 Å². The van der Waals surface area contributed by atoms with E-state index in [-0.39, 0.29) is 10.8 Å². The minimum atomic E-state index is -3.68. The van der Waals surface area contributed by atoms with Crippen LogP contribution in [-0.2, 0) is 10.0 Å². The number of methoxy groups -OCH3 is 1. The van der Waals surface area contributed by atoms with Gasteiger partial charge in [0.2, 0.25) is 10.0 Å². The van der Waals surface area contributed by atoms with Gasteiger partial charge in [-0.1, -0.05) is 25.8 Å². The number of hydrogen-bond donors (Lipinski definition) is 2. The van der Waals surface area contributed by atoms with E-state index in [4.69, 9.17) is 10.5 Å². The molecule has 22 heavy (non-hydrogen) atoms. The fourth-order valence-electron chi connectivity index (χ4n) is 3.23. The van der Waals surface area contributed by atoms with Crippen LogP contribution >= 0.6 is 0 Å². The van der Waals surface area contributed by atoms with Crippen LogP contribution in [0.15, 0.2) is 23.1 Å². The SMILES string of the molecule is COc1ccc(C)cc1S(=O)(=O)NC1(CN)CCCCC1C. The number of nitrogens with one attached hydrogen (secondary N) is 1. The lowest BCUT2D eigenvalue weighted by molar-refractivity contribution is 0.191. The van der Waals surface area contributed by atoms with Gasteiger partial charge in [0.1, 0.15) is 10.6 Å². The summed E-state index contributed by atoms with van der Waals surface area (Å²) >= 11 is 0.